The van der Waals surface area contributed by atoms with Crippen molar-refractivity contribution in [2.75, 3.05) is 7.11 Å². The van der Waals surface area contributed by atoms with Gasteiger partial charge in [-0.15, -0.1) is 0 Å². The van der Waals surface area contributed by atoms with Gasteiger partial charge in [0.15, 0.2) is 0 Å². The van der Waals surface area contributed by atoms with Gasteiger partial charge in [-0.3, -0.25) is 0 Å². The molecule has 0 spiro atoms. The Hall–Kier alpha value is -0.0736. The van der Waals surface area contributed by atoms with Crippen LogP contribution < -0.4 is 4.74 Å². The zero-order valence-corrected chi connectivity index (χ0v) is 10.6. The molecule has 1 radical (unpaired) electrons. The van der Waals surface area contributed by atoms with Gasteiger partial charge in [-0.05, 0) is 12.1 Å². The summed E-state index contributed by atoms with van der Waals surface area (Å²) in [6.45, 7) is 0. The van der Waals surface area contributed by atoms with Gasteiger partial charge in [0.2, 0.25) is 0 Å². The molecule has 13 heavy (non-hydrogen) atoms. The number of phenols is 1. The molecule has 0 saturated heterocycles. The van der Waals surface area contributed by atoms with Crippen LogP contribution in [0.1, 0.15) is 11.8 Å². The van der Waals surface area contributed by atoms with Gasteiger partial charge in [-0.2, -0.15) is 0 Å². The molecule has 1 rings (SSSR count). The van der Waals surface area contributed by atoms with Gasteiger partial charge in [-0.25, -0.2) is 4.79 Å². The Morgan fingerprint density at radius 3 is 2.54 bits per heavy atom. The summed E-state index contributed by atoms with van der Waals surface area (Å²) in [6.07, 6.45) is 0. The summed E-state index contributed by atoms with van der Waals surface area (Å²) < 4.78 is 4.78. The number of carbonyl (C=O) groups is 1. The van der Waals surface area contributed by atoms with Crippen LogP contribution >= 0.6 is 0 Å². The summed E-state index contributed by atoms with van der Waals surface area (Å²) in [5.41, 5.74) is -0.129. The van der Waals surface area contributed by atoms with Gasteiger partial charge in [0, 0.05) is 58.9 Å². The van der Waals surface area contributed by atoms with Crippen LogP contribution in [0.5, 0.6) is 11.5 Å². The van der Waals surface area contributed by atoms with E-state index in [1.54, 1.807) is 0 Å². The van der Waals surface area contributed by atoms with E-state index in [0.717, 1.165) is 0 Å². The fraction of sp³-hybridized carbons (Fsp3) is 0.125. The molecule has 0 heterocycles. The van der Waals surface area contributed by atoms with Crippen molar-refractivity contribution in [2.24, 2.45) is 0 Å². The van der Waals surface area contributed by atoms with E-state index in [1.807, 2.05) is 0 Å². The average Bonchev–Trinajstić information content (AvgIpc) is 2.03. The summed E-state index contributed by atoms with van der Waals surface area (Å²) >= 11 is 0. The quantitative estimate of drug-likeness (QED) is 0.712. The third-order valence-electron chi connectivity index (χ3n) is 1.44. The molecule has 0 bridgehead atoms. The predicted molar refractivity (Wildman–Crippen MR) is 49.5 cm³/mol. The third-order valence-corrected chi connectivity index (χ3v) is 1.44. The third kappa shape index (κ3) is 3.28. The minimum absolute atomic E-state index is 0. The maximum atomic E-state index is 10.4. The number of carboxylic acid groups (broad SMARTS) is 1. The number of rotatable bonds is 2. The molecule has 0 aromatic heterocycles. The molecule has 67 valence electrons. The first-order chi connectivity index (χ1) is 5.65. The van der Waals surface area contributed by atoms with E-state index in [0.29, 0.717) is 5.75 Å². The Kier molecular flexibility index (Phi) is 5.58. The topological polar surface area (TPSA) is 66.8 Å². The van der Waals surface area contributed by atoms with Crippen LogP contribution in [0.3, 0.4) is 0 Å². The van der Waals surface area contributed by atoms with Crippen LogP contribution in [0.2, 0.25) is 0 Å². The van der Waals surface area contributed by atoms with Crippen molar-refractivity contribution < 1.29 is 21.2 Å². The van der Waals surface area contributed by atoms with Crippen LogP contribution in [0.4, 0.5) is 0 Å². The minimum Gasteiger partial charge on any atom is -0.507 e. The molecular weight excluding hydrogens is 199 g/mol. The second kappa shape index (κ2) is 5.61. The smallest absolute Gasteiger partial charge is 0.339 e. The molecular formula is C8H10KO4. The number of ether oxygens (including phenoxy) is 1. The fourth-order valence-electron chi connectivity index (χ4n) is 0.819. The van der Waals surface area contributed by atoms with Crippen LogP contribution in [-0.2, 0) is 0 Å². The first kappa shape index (κ1) is 12.9. The summed E-state index contributed by atoms with van der Waals surface area (Å²) in [6, 6.07) is 4.02. The first-order valence-corrected chi connectivity index (χ1v) is 3.25. The first-order valence-electron chi connectivity index (χ1n) is 3.25. The van der Waals surface area contributed by atoms with Crippen LogP contribution in [-0.4, -0.2) is 74.7 Å². The Morgan fingerprint density at radius 2 is 2.15 bits per heavy atom. The number of methoxy groups -OCH3 is 1. The van der Waals surface area contributed by atoms with Crippen molar-refractivity contribution in [1.29, 1.82) is 0 Å². The van der Waals surface area contributed by atoms with Gasteiger partial charge in [0.05, 0.1) is 7.11 Å². The predicted octanol–water partition coefficient (Wildman–Crippen LogP) is 0.964. The molecule has 0 aliphatic carbocycles. The Labute approximate surface area is 119 Å². The maximum Gasteiger partial charge on any atom is 0.339 e. The Balaban J connectivity index is 0. The van der Waals surface area contributed by atoms with Gasteiger partial charge >= 0.3 is 5.97 Å². The van der Waals surface area contributed by atoms with Crippen molar-refractivity contribution in [3.8, 4) is 11.5 Å². The zero-order valence-electron chi connectivity index (χ0n) is 7.44. The van der Waals surface area contributed by atoms with E-state index in [4.69, 9.17) is 14.9 Å². The van der Waals surface area contributed by atoms with Gasteiger partial charge in [0.25, 0.3) is 0 Å². The fourth-order valence-corrected chi connectivity index (χ4v) is 0.819. The summed E-state index contributed by atoms with van der Waals surface area (Å²) in [7, 11) is 1.44. The van der Waals surface area contributed by atoms with Crippen molar-refractivity contribution >= 4 is 57.4 Å². The molecule has 0 aliphatic rings. The molecule has 0 amide bonds. The second-order valence-electron chi connectivity index (χ2n) is 2.19. The Bertz CT molecular complexity index is 316. The monoisotopic (exact) mass is 209 g/mol. The molecule has 5 heteroatoms. The number of hydrogen-bond acceptors (Lipinski definition) is 3. The molecule has 0 unspecified atom stereocenters. The molecule has 0 saturated carbocycles. The number of carboxylic acids is 1. The molecule has 2 N–H and O–H groups in total. The van der Waals surface area contributed by atoms with Gasteiger partial charge < -0.3 is 14.9 Å². The number of hydrogen-bond donors (Lipinski definition) is 2. The molecule has 0 fully saturated rings. The number of aromatic carboxylic acids is 1. The number of benzene rings is 1. The van der Waals surface area contributed by atoms with Gasteiger partial charge in [-0.1, -0.05) is 0 Å². The van der Waals surface area contributed by atoms with Crippen LogP contribution in [0.15, 0.2) is 18.2 Å². The summed E-state index contributed by atoms with van der Waals surface area (Å²) in [5.74, 6) is -1.02. The van der Waals surface area contributed by atoms with Crippen LogP contribution in [0, 0.1) is 0 Å². The molecule has 0 aliphatic heterocycles. The zero-order chi connectivity index (χ0) is 9.14. The summed E-state index contributed by atoms with van der Waals surface area (Å²) in [5, 5.41) is 17.7. The Morgan fingerprint density at radius 1 is 1.54 bits per heavy atom. The van der Waals surface area contributed by atoms with Crippen LogP contribution in [0.25, 0.3) is 0 Å². The van der Waals surface area contributed by atoms with Crippen molar-refractivity contribution in [3.63, 3.8) is 0 Å². The maximum absolute atomic E-state index is 10.4. The van der Waals surface area contributed by atoms with E-state index >= 15 is 0 Å². The number of aromatic hydroxyl groups is 1. The molecule has 1 aromatic rings. The van der Waals surface area contributed by atoms with E-state index in [1.165, 1.54) is 25.3 Å². The van der Waals surface area contributed by atoms with Crippen molar-refractivity contribution in [3.05, 3.63) is 23.8 Å². The van der Waals surface area contributed by atoms with E-state index in [2.05, 4.69) is 0 Å². The van der Waals surface area contributed by atoms with E-state index in [-0.39, 0.29) is 64.1 Å². The van der Waals surface area contributed by atoms with E-state index < -0.39 is 5.97 Å². The molecule has 4 nitrogen and oxygen atoms in total. The normalized spacial score (nSPS) is 8.69. The van der Waals surface area contributed by atoms with Gasteiger partial charge in [0.1, 0.15) is 17.1 Å². The van der Waals surface area contributed by atoms with E-state index in [9.17, 15) is 4.79 Å². The SMILES string of the molecule is COc1ccc(C(=O)O)c(O)c1.[HH].[K]. The minimum atomic E-state index is -1.16. The second-order valence-corrected chi connectivity index (χ2v) is 2.19. The standard InChI is InChI=1S/C8H8O4.K.H2/c1-12-5-2-3-6(8(10)11)7(9)4-5;;/h2-4,9H,1H3,(H,10,11);;1H. The van der Waals surface area contributed by atoms with Crippen molar-refractivity contribution in [1.82, 2.24) is 0 Å². The average molecular weight is 209 g/mol. The summed E-state index contributed by atoms with van der Waals surface area (Å²) in [4.78, 5) is 10.4. The molecule has 1 aromatic carbocycles. The van der Waals surface area contributed by atoms with Crippen molar-refractivity contribution in [2.45, 2.75) is 0 Å². The molecule has 0 atom stereocenters. The largest absolute Gasteiger partial charge is 0.507 e.